The van der Waals surface area contributed by atoms with Crippen LogP contribution >= 0.6 is 24.8 Å². The largest absolute Gasteiger partial charge is 0.352 e. The van der Waals surface area contributed by atoms with Crippen LogP contribution in [0, 0.1) is 5.92 Å². The fraction of sp³-hybridized carbons (Fsp3) is 0.882. The van der Waals surface area contributed by atoms with Gasteiger partial charge in [-0.05, 0) is 31.6 Å². The molecule has 2 amide bonds. The predicted molar refractivity (Wildman–Crippen MR) is 105 cm³/mol. The van der Waals surface area contributed by atoms with Crippen molar-refractivity contribution in [1.82, 2.24) is 15.5 Å². The quantitative estimate of drug-likeness (QED) is 0.633. The number of carbonyl (C=O) groups is 2. The molecule has 1 saturated carbocycles. The van der Waals surface area contributed by atoms with E-state index in [0.29, 0.717) is 0 Å². The Morgan fingerprint density at radius 2 is 1.64 bits per heavy atom. The van der Waals surface area contributed by atoms with Crippen LogP contribution in [-0.2, 0) is 9.59 Å². The van der Waals surface area contributed by atoms with E-state index in [4.69, 9.17) is 5.73 Å². The molecule has 148 valence electrons. The average Bonchev–Trinajstić information content (AvgIpc) is 3.07. The Hall–Kier alpha value is -0.560. The van der Waals surface area contributed by atoms with Crippen molar-refractivity contribution in [1.29, 1.82) is 0 Å². The fourth-order valence-corrected chi connectivity index (χ4v) is 3.55. The van der Waals surface area contributed by atoms with Crippen LogP contribution in [0.1, 0.15) is 52.4 Å². The molecule has 25 heavy (non-hydrogen) atoms. The van der Waals surface area contributed by atoms with Crippen molar-refractivity contribution in [3.05, 3.63) is 0 Å². The summed E-state index contributed by atoms with van der Waals surface area (Å²) in [5, 5.41) is 5.65. The van der Waals surface area contributed by atoms with Crippen molar-refractivity contribution in [2.24, 2.45) is 11.7 Å². The van der Waals surface area contributed by atoms with Crippen molar-refractivity contribution in [2.75, 3.05) is 19.6 Å². The second-order valence-corrected chi connectivity index (χ2v) is 7.30. The number of piperidine rings is 1. The Balaban J connectivity index is 0.00000288. The minimum atomic E-state index is -0.558. The van der Waals surface area contributed by atoms with Gasteiger partial charge in [-0.2, -0.15) is 0 Å². The molecule has 1 aliphatic carbocycles. The first kappa shape index (κ1) is 24.4. The lowest BCUT2D eigenvalue weighted by atomic mass is 10.0. The highest BCUT2D eigenvalue weighted by Gasteiger charge is 2.27. The highest BCUT2D eigenvalue weighted by atomic mass is 35.5. The molecule has 2 aliphatic rings. The van der Waals surface area contributed by atoms with E-state index in [2.05, 4.69) is 15.5 Å². The third-order valence-electron chi connectivity index (χ3n) is 5.18. The van der Waals surface area contributed by atoms with Crippen molar-refractivity contribution < 1.29 is 9.59 Å². The zero-order chi connectivity index (χ0) is 16.8. The normalized spacial score (nSPS) is 20.5. The van der Waals surface area contributed by atoms with Gasteiger partial charge < -0.3 is 21.3 Å². The lowest BCUT2D eigenvalue weighted by Crippen LogP contribution is -2.51. The van der Waals surface area contributed by atoms with Crippen LogP contribution in [0.3, 0.4) is 0 Å². The summed E-state index contributed by atoms with van der Waals surface area (Å²) in [6.07, 6.45) is 7.39. The lowest BCUT2D eigenvalue weighted by molar-refractivity contribution is -0.127. The van der Waals surface area contributed by atoms with E-state index >= 15 is 0 Å². The fourth-order valence-electron chi connectivity index (χ4n) is 3.55. The third-order valence-corrected chi connectivity index (χ3v) is 5.18. The number of hydrogen-bond acceptors (Lipinski definition) is 4. The third kappa shape index (κ3) is 7.69. The van der Waals surface area contributed by atoms with Gasteiger partial charge in [0.15, 0.2) is 0 Å². The highest BCUT2D eigenvalue weighted by molar-refractivity contribution is 5.87. The summed E-state index contributed by atoms with van der Waals surface area (Å²) in [7, 11) is 0. The molecular weight excluding hydrogens is 363 g/mol. The standard InChI is InChI=1S/C17H32N4O2.2ClH/c1-12(2)16(18)17(23)19-11-15(22)20-13-7-9-21(10-8-13)14-5-3-4-6-14;;/h12-14,16H,3-11,18H2,1-2H3,(H,19,23)(H,20,22);2*1H/t16-;;/m0../s1. The summed E-state index contributed by atoms with van der Waals surface area (Å²) in [5.74, 6) is -0.308. The molecular formula is C17H34Cl2N4O2. The number of rotatable bonds is 6. The number of nitrogens with zero attached hydrogens (tertiary/aromatic N) is 1. The van der Waals surface area contributed by atoms with Gasteiger partial charge >= 0.3 is 0 Å². The van der Waals surface area contributed by atoms with E-state index in [9.17, 15) is 9.59 Å². The molecule has 4 N–H and O–H groups in total. The van der Waals surface area contributed by atoms with Crippen LogP contribution in [0.15, 0.2) is 0 Å². The molecule has 1 heterocycles. The highest BCUT2D eigenvalue weighted by Crippen LogP contribution is 2.26. The number of nitrogens with one attached hydrogen (secondary N) is 2. The Labute approximate surface area is 163 Å². The molecule has 8 heteroatoms. The van der Waals surface area contributed by atoms with Crippen LogP contribution in [0.25, 0.3) is 0 Å². The first-order chi connectivity index (χ1) is 11.0. The molecule has 0 aromatic heterocycles. The van der Waals surface area contributed by atoms with Crippen LogP contribution in [0.5, 0.6) is 0 Å². The molecule has 2 fully saturated rings. The van der Waals surface area contributed by atoms with E-state index in [1.165, 1.54) is 25.7 Å². The van der Waals surface area contributed by atoms with Crippen molar-refractivity contribution in [2.45, 2.75) is 70.5 Å². The molecule has 1 atom stereocenters. The molecule has 0 bridgehead atoms. The zero-order valence-corrected chi connectivity index (χ0v) is 17.0. The first-order valence-corrected chi connectivity index (χ1v) is 9.04. The van der Waals surface area contributed by atoms with Gasteiger partial charge in [0.05, 0.1) is 12.6 Å². The zero-order valence-electron chi connectivity index (χ0n) is 15.3. The summed E-state index contributed by atoms with van der Waals surface area (Å²) in [4.78, 5) is 26.3. The number of carbonyl (C=O) groups excluding carboxylic acids is 2. The molecule has 6 nitrogen and oxygen atoms in total. The topological polar surface area (TPSA) is 87.5 Å². The molecule has 0 aromatic carbocycles. The van der Waals surface area contributed by atoms with Crippen LogP contribution in [0.2, 0.25) is 0 Å². The molecule has 0 radical (unpaired) electrons. The Morgan fingerprint density at radius 3 is 2.16 bits per heavy atom. The smallest absolute Gasteiger partial charge is 0.239 e. The monoisotopic (exact) mass is 396 g/mol. The van der Waals surface area contributed by atoms with Crippen LogP contribution in [0.4, 0.5) is 0 Å². The van der Waals surface area contributed by atoms with Crippen molar-refractivity contribution in [3.8, 4) is 0 Å². The second-order valence-electron chi connectivity index (χ2n) is 7.30. The number of nitrogens with two attached hydrogens (primary N) is 1. The summed E-state index contributed by atoms with van der Waals surface area (Å²) in [6.45, 7) is 5.94. The molecule has 0 aromatic rings. The molecule has 0 spiro atoms. The minimum absolute atomic E-state index is 0. The summed E-state index contributed by atoms with van der Waals surface area (Å²) in [6, 6.07) is 0.441. The van der Waals surface area contributed by atoms with E-state index in [1.807, 2.05) is 13.8 Å². The minimum Gasteiger partial charge on any atom is -0.352 e. The van der Waals surface area contributed by atoms with Gasteiger partial charge in [-0.15, -0.1) is 24.8 Å². The summed E-state index contributed by atoms with van der Waals surface area (Å²) >= 11 is 0. The lowest BCUT2D eigenvalue weighted by Gasteiger charge is -2.36. The van der Waals surface area contributed by atoms with Gasteiger partial charge in [0.25, 0.3) is 0 Å². The average molecular weight is 397 g/mol. The molecule has 2 rings (SSSR count). The maximum absolute atomic E-state index is 12.0. The molecule has 1 saturated heterocycles. The van der Waals surface area contributed by atoms with Gasteiger partial charge in [-0.3, -0.25) is 9.59 Å². The molecule has 0 unspecified atom stereocenters. The van der Waals surface area contributed by atoms with E-state index in [1.54, 1.807) is 0 Å². The predicted octanol–water partition coefficient (Wildman–Crippen LogP) is 1.45. The second kappa shape index (κ2) is 11.9. The number of halogens is 2. The van der Waals surface area contributed by atoms with E-state index < -0.39 is 6.04 Å². The van der Waals surface area contributed by atoms with Crippen molar-refractivity contribution >= 4 is 36.6 Å². The Morgan fingerprint density at radius 1 is 1.08 bits per heavy atom. The van der Waals surface area contributed by atoms with Gasteiger partial charge in [0, 0.05) is 25.2 Å². The van der Waals surface area contributed by atoms with E-state index in [-0.39, 0.29) is 55.1 Å². The number of amides is 2. The maximum atomic E-state index is 12.0. The van der Waals surface area contributed by atoms with Gasteiger partial charge in [-0.1, -0.05) is 26.7 Å². The Bertz CT molecular complexity index is 409. The number of hydrogen-bond donors (Lipinski definition) is 3. The number of likely N-dealkylation sites (tertiary alicyclic amines) is 1. The summed E-state index contributed by atoms with van der Waals surface area (Å²) < 4.78 is 0. The van der Waals surface area contributed by atoms with Crippen LogP contribution in [-0.4, -0.2) is 54.5 Å². The van der Waals surface area contributed by atoms with Gasteiger partial charge in [0.2, 0.25) is 11.8 Å². The van der Waals surface area contributed by atoms with Gasteiger partial charge in [0.1, 0.15) is 0 Å². The Kier molecular flexibility index (Phi) is 11.7. The van der Waals surface area contributed by atoms with Crippen LogP contribution < -0.4 is 16.4 Å². The maximum Gasteiger partial charge on any atom is 0.239 e. The first-order valence-electron chi connectivity index (χ1n) is 9.04. The van der Waals surface area contributed by atoms with E-state index in [0.717, 1.165) is 32.0 Å². The SMILES string of the molecule is CC(C)[C@H](N)C(=O)NCC(=O)NC1CCN(C2CCCC2)CC1.Cl.Cl. The molecule has 1 aliphatic heterocycles. The van der Waals surface area contributed by atoms with Crippen molar-refractivity contribution in [3.63, 3.8) is 0 Å². The summed E-state index contributed by atoms with van der Waals surface area (Å²) in [5.41, 5.74) is 5.76. The van der Waals surface area contributed by atoms with Gasteiger partial charge in [-0.25, -0.2) is 0 Å².